The maximum absolute atomic E-state index is 15.7. The average Bonchev–Trinajstić information content (AvgIpc) is 2.95. The fourth-order valence-electron chi connectivity index (χ4n) is 4.51. The van der Waals surface area contributed by atoms with Crippen molar-refractivity contribution in [3.8, 4) is 17.2 Å². The minimum atomic E-state index is -4.05. The van der Waals surface area contributed by atoms with E-state index >= 15 is 4.39 Å². The number of benzene rings is 3. The molecule has 1 unspecified atom stereocenters. The Morgan fingerprint density at radius 2 is 1.86 bits per heavy atom. The van der Waals surface area contributed by atoms with Crippen LogP contribution >= 0.6 is 0 Å². The van der Waals surface area contributed by atoms with E-state index in [1.807, 2.05) is 48.2 Å². The number of rotatable bonds is 6. The molecule has 0 amide bonds. The smallest absolute Gasteiger partial charge is 0.335 e. The molecule has 1 aliphatic heterocycles. The van der Waals surface area contributed by atoms with E-state index in [0.29, 0.717) is 13.0 Å². The Balaban J connectivity index is 1.99. The molecule has 7 nitrogen and oxygen atoms in total. The molecule has 36 heavy (non-hydrogen) atoms. The first-order valence-corrected chi connectivity index (χ1v) is 13.0. The Morgan fingerprint density at radius 3 is 2.50 bits per heavy atom. The summed E-state index contributed by atoms with van der Waals surface area (Å²) in [6.45, 7) is 2.37. The number of nitriles is 1. The number of halogens is 1. The lowest BCUT2D eigenvalue weighted by Gasteiger charge is -2.29. The number of fused-ring (bicyclic) bond motifs is 1. The highest BCUT2D eigenvalue weighted by Crippen LogP contribution is 2.41. The van der Waals surface area contributed by atoms with E-state index < -0.39 is 21.8 Å². The number of hydrogen-bond acceptors (Lipinski definition) is 5. The van der Waals surface area contributed by atoms with Crippen LogP contribution in [-0.2, 0) is 10.0 Å². The molecular weight excluding hydrogens is 481 g/mol. The predicted octanol–water partition coefficient (Wildman–Crippen LogP) is 5.39. The zero-order valence-electron chi connectivity index (χ0n) is 20.0. The van der Waals surface area contributed by atoms with E-state index in [2.05, 4.69) is 0 Å². The van der Waals surface area contributed by atoms with Crippen LogP contribution in [-0.4, -0.2) is 43.4 Å². The normalized spacial score (nSPS) is 17.2. The molecule has 0 aliphatic carbocycles. The van der Waals surface area contributed by atoms with Crippen LogP contribution in [0.25, 0.3) is 11.1 Å². The molecule has 186 valence electrons. The molecule has 3 aromatic carbocycles. The van der Waals surface area contributed by atoms with Crippen molar-refractivity contribution in [2.45, 2.75) is 37.1 Å². The van der Waals surface area contributed by atoms with Crippen LogP contribution in [0.4, 0.5) is 15.8 Å². The van der Waals surface area contributed by atoms with E-state index in [9.17, 15) is 23.6 Å². The van der Waals surface area contributed by atoms with Crippen LogP contribution in [0.3, 0.4) is 0 Å². The van der Waals surface area contributed by atoms with Crippen molar-refractivity contribution < 1.29 is 22.7 Å². The summed E-state index contributed by atoms with van der Waals surface area (Å²) in [5.41, 5.74) is 0.700. The number of sulfonamides is 1. The van der Waals surface area contributed by atoms with E-state index in [0.717, 1.165) is 18.5 Å². The van der Waals surface area contributed by atoms with Gasteiger partial charge in [0, 0.05) is 36.4 Å². The Bertz CT molecular complexity index is 1450. The van der Waals surface area contributed by atoms with Gasteiger partial charge >= 0.3 is 5.97 Å². The number of carbonyl (C=O) groups is 1. The molecule has 0 aromatic heterocycles. The average molecular weight is 508 g/mol. The molecule has 0 saturated heterocycles. The zero-order valence-corrected chi connectivity index (χ0v) is 20.8. The number of aromatic carboxylic acids is 1. The highest BCUT2D eigenvalue weighted by molar-refractivity contribution is 7.89. The highest BCUT2D eigenvalue weighted by atomic mass is 32.2. The molecule has 1 atom stereocenters. The van der Waals surface area contributed by atoms with E-state index in [1.165, 1.54) is 41.7 Å². The molecule has 9 heteroatoms. The quantitative estimate of drug-likeness (QED) is 0.480. The van der Waals surface area contributed by atoms with Crippen molar-refractivity contribution in [3.05, 3.63) is 77.6 Å². The van der Waals surface area contributed by atoms with Gasteiger partial charge in [0.1, 0.15) is 10.7 Å². The van der Waals surface area contributed by atoms with Gasteiger partial charge in [-0.15, -0.1) is 0 Å². The number of anilines is 2. The first-order valence-electron chi connectivity index (χ1n) is 11.6. The number of likely N-dealkylation sites (N-methyl/N-ethyl adjacent to an activating group) is 1. The highest BCUT2D eigenvalue weighted by Gasteiger charge is 2.37. The summed E-state index contributed by atoms with van der Waals surface area (Å²) < 4.78 is 44.7. The zero-order chi connectivity index (χ0) is 26.0. The van der Waals surface area contributed by atoms with Crippen molar-refractivity contribution in [2.24, 2.45) is 0 Å². The van der Waals surface area contributed by atoms with Crippen LogP contribution in [0.1, 0.15) is 42.1 Å². The van der Waals surface area contributed by atoms with Gasteiger partial charge in [0.15, 0.2) is 0 Å². The van der Waals surface area contributed by atoms with E-state index in [4.69, 9.17) is 0 Å². The van der Waals surface area contributed by atoms with Gasteiger partial charge in [-0.1, -0.05) is 38.0 Å². The number of para-hydroxylation sites is 1. The van der Waals surface area contributed by atoms with E-state index in [-0.39, 0.29) is 38.9 Å². The van der Waals surface area contributed by atoms with Gasteiger partial charge < -0.3 is 10.0 Å². The summed E-state index contributed by atoms with van der Waals surface area (Å²) in [6, 6.07) is 16.9. The van der Waals surface area contributed by atoms with Crippen molar-refractivity contribution in [1.82, 2.24) is 4.31 Å². The van der Waals surface area contributed by atoms with Crippen LogP contribution in [0.5, 0.6) is 0 Å². The summed E-state index contributed by atoms with van der Waals surface area (Å²) in [6.07, 6.45) is 2.37. The van der Waals surface area contributed by atoms with Gasteiger partial charge in [-0.25, -0.2) is 17.6 Å². The topological polar surface area (TPSA) is 102 Å². The van der Waals surface area contributed by atoms with Crippen LogP contribution in [0, 0.1) is 17.1 Å². The molecule has 1 heterocycles. The summed E-state index contributed by atoms with van der Waals surface area (Å²) in [4.78, 5) is 13.2. The Hall–Kier alpha value is -3.74. The molecule has 0 fully saturated rings. The first kappa shape index (κ1) is 25.4. The van der Waals surface area contributed by atoms with Crippen LogP contribution in [0.15, 0.2) is 65.6 Å². The fourth-order valence-corrected chi connectivity index (χ4v) is 6.08. The van der Waals surface area contributed by atoms with Crippen molar-refractivity contribution in [3.63, 3.8) is 0 Å². The van der Waals surface area contributed by atoms with Crippen molar-refractivity contribution in [1.29, 1.82) is 5.26 Å². The number of hydrogen-bond donors (Lipinski definition) is 1. The van der Waals surface area contributed by atoms with Gasteiger partial charge in [0.25, 0.3) is 0 Å². The molecule has 4 rings (SSSR count). The Morgan fingerprint density at radius 1 is 1.14 bits per heavy atom. The maximum atomic E-state index is 15.7. The van der Waals surface area contributed by atoms with Gasteiger partial charge in [0.05, 0.1) is 22.9 Å². The molecular formula is C27H26FN3O4S. The first-order chi connectivity index (χ1) is 17.2. The summed E-state index contributed by atoms with van der Waals surface area (Å²) >= 11 is 0. The van der Waals surface area contributed by atoms with Crippen LogP contribution in [0.2, 0.25) is 0 Å². The van der Waals surface area contributed by atoms with Gasteiger partial charge in [-0.05, 0) is 48.9 Å². The van der Waals surface area contributed by atoms with Crippen LogP contribution < -0.4 is 4.90 Å². The molecule has 0 spiro atoms. The number of nitrogens with zero attached hydrogens (tertiary/aromatic N) is 3. The lowest BCUT2D eigenvalue weighted by molar-refractivity contribution is 0.0697. The third kappa shape index (κ3) is 4.57. The minimum Gasteiger partial charge on any atom is -0.478 e. The second-order valence-corrected chi connectivity index (χ2v) is 10.7. The molecule has 3 aromatic rings. The maximum Gasteiger partial charge on any atom is 0.335 e. The lowest BCUT2D eigenvalue weighted by atomic mass is 9.96. The molecule has 1 aliphatic rings. The second-order valence-electron chi connectivity index (χ2n) is 8.74. The van der Waals surface area contributed by atoms with Gasteiger partial charge in [-0.3, -0.25) is 0 Å². The van der Waals surface area contributed by atoms with E-state index in [1.54, 1.807) is 0 Å². The Kier molecular flexibility index (Phi) is 7.11. The predicted molar refractivity (Wildman–Crippen MR) is 135 cm³/mol. The fraction of sp³-hybridized carbons (Fsp3) is 0.259. The third-order valence-electron chi connectivity index (χ3n) is 6.54. The largest absolute Gasteiger partial charge is 0.478 e. The Labute approximate surface area is 210 Å². The molecule has 0 bridgehead atoms. The molecule has 0 saturated carbocycles. The van der Waals surface area contributed by atoms with Crippen molar-refractivity contribution in [2.75, 3.05) is 18.5 Å². The SMILES string of the molecule is CCCCC1CN(c2ccccc2)c2cc(F)c(-c3cc(C(=O)O)ccc3C#N)cc2S(=O)(=O)N1C. The second kappa shape index (κ2) is 10.1. The standard InChI is InChI=1S/C27H26FN3O4S/c1-3-4-8-21-17-31(20-9-6-5-7-10-20)25-15-24(28)23(14-26(25)36(34,35)30(21)2)22-13-18(27(32)33)11-12-19(22)16-29/h5-7,9-15,21H,3-4,8,17H2,1-2H3,(H,32,33). The third-order valence-corrected chi connectivity index (χ3v) is 8.48. The van der Waals surface area contributed by atoms with Gasteiger partial charge in [0.2, 0.25) is 10.0 Å². The minimum absolute atomic E-state index is 0.0218. The lowest BCUT2D eigenvalue weighted by Crippen LogP contribution is -2.40. The van der Waals surface area contributed by atoms with Gasteiger partial charge in [-0.2, -0.15) is 9.57 Å². The summed E-state index contributed by atoms with van der Waals surface area (Å²) in [5, 5.41) is 19.0. The number of unbranched alkanes of at least 4 members (excludes halogenated alkanes) is 1. The summed E-state index contributed by atoms with van der Waals surface area (Å²) in [7, 11) is -2.51. The monoisotopic (exact) mass is 507 g/mol. The number of carboxylic acids is 1. The van der Waals surface area contributed by atoms with Crippen molar-refractivity contribution >= 4 is 27.4 Å². The summed E-state index contributed by atoms with van der Waals surface area (Å²) in [5.74, 6) is -1.99. The molecule has 1 N–H and O–H groups in total. The number of carboxylic acid groups (broad SMARTS) is 1. The molecule has 0 radical (unpaired) electrons.